The first-order chi connectivity index (χ1) is 31.8. The van der Waals surface area contributed by atoms with Crippen molar-refractivity contribution in [2.75, 3.05) is 68.0 Å². The summed E-state index contributed by atoms with van der Waals surface area (Å²) in [6.45, 7) is 9.81. The highest BCUT2D eigenvalue weighted by atomic mass is 35.5. The lowest BCUT2D eigenvalue weighted by molar-refractivity contribution is -0.137. The topological polar surface area (TPSA) is 184 Å². The molecule has 66 heavy (non-hydrogen) atoms. The van der Waals surface area contributed by atoms with Crippen molar-refractivity contribution in [3.05, 3.63) is 75.2 Å². The summed E-state index contributed by atoms with van der Waals surface area (Å²) < 4.78 is 13.9. The van der Waals surface area contributed by atoms with Crippen LogP contribution >= 0.6 is 11.6 Å². The molecule has 348 valence electrons. The number of anilines is 4. The highest BCUT2D eigenvalue weighted by Gasteiger charge is 2.48. The van der Waals surface area contributed by atoms with Gasteiger partial charge in [-0.05, 0) is 120 Å². The zero-order chi connectivity index (χ0) is 45.9. The number of likely N-dealkylation sites (N-methyl/N-ethyl adjacent to an activating group) is 1. The monoisotopic (exact) mass is 920 g/mol. The number of ether oxygens (including phenoxy) is 2. The Morgan fingerprint density at radius 2 is 1.73 bits per heavy atom. The number of likely N-dealkylation sites (tertiary alicyclic amines) is 1. The number of pyridine rings is 1. The number of benzene rings is 2. The molecule has 4 aromatic rings. The second kappa shape index (κ2) is 17.8. The Kier molecular flexibility index (Phi) is 11.9. The first-order valence-electron chi connectivity index (χ1n) is 23.3. The van der Waals surface area contributed by atoms with Crippen LogP contribution in [-0.2, 0) is 25.7 Å². The predicted octanol–water partition coefficient (Wildman–Crippen LogP) is 4.77. The second-order valence-corrected chi connectivity index (χ2v) is 19.6. The average Bonchev–Trinajstić information content (AvgIpc) is 3.61. The van der Waals surface area contributed by atoms with E-state index in [1.54, 1.807) is 21.7 Å². The van der Waals surface area contributed by atoms with Crippen molar-refractivity contribution < 1.29 is 28.7 Å². The van der Waals surface area contributed by atoms with Crippen molar-refractivity contribution in [3.63, 3.8) is 0 Å². The van der Waals surface area contributed by atoms with Gasteiger partial charge >= 0.3 is 0 Å². The summed E-state index contributed by atoms with van der Waals surface area (Å²) in [5.41, 5.74) is 4.23. The van der Waals surface area contributed by atoms with Crippen LogP contribution in [0.5, 0.6) is 5.75 Å². The molecule has 1 atom stereocenters. The van der Waals surface area contributed by atoms with Crippen LogP contribution < -0.4 is 36.0 Å². The van der Waals surface area contributed by atoms with Crippen LogP contribution in [0.25, 0.3) is 10.9 Å². The zero-order valence-electron chi connectivity index (χ0n) is 37.7. The molecule has 7 heterocycles. The summed E-state index contributed by atoms with van der Waals surface area (Å²) in [6, 6.07) is 13.2. The number of halogens is 1. The number of carbonyl (C=O) groups excluding carboxylic acids is 4. The third-order valence-corrected chi connectivity index (χ3v) is 14.9. The van der Waals surface area contributed by atoms with E-state index in [9.17, 15) is 24.0 Å². The van der Waals surface area contributed by atoms with Gasteiger partial charge in [0.25, 0.3) is 17.4 Å². The van der Waals surface area contributed by atoms with Crippen molar-refractivity contribution in [2.45, 2.75) is 102 Å². The Hall–Kier alpha value is -5.78. The molecule has 0 radical (unpaired) electrons. The van der Waals surface area contributed by atoms with E-state index in [1.165, 1.54) is 19.9 Å². The third-order valence-electron chi connectivity index (χ3n) is 14.6. The maximum atomic E-state index is 13.3. The Balaban J connectivity index is 0.671. The molecule has 2 aromatic heterocycles. The number of amides is 4. The SMILES string of the molecule is CNC(=O)COc1cc2cc(Nc3nc(N4CCC(O[C@H]5C[C@H](N6CCC7(CC6)CN(c6ccc8c(c6)CN(C6CCC(=O)NC6=O)C8=O)C7)C5)CC4)ncc3Cl)ccc2n(C(C)C)c1=O. The average molecular weight is 921 g/mol. The van der Waals surface area contributed by atoms with Crippen LogP contribution in [0, 0.1) is 5.41 Å². The molecule has 10 rings (SSSR count). The van der Waals surface area contributed by atoms with E-state index in [2.05, 4.69) is 41.7 Å². The van der Waals surface area contributed by atoms with Gasteiger partial charge in [-0.15, -0.1) is 0 Å². The molecule has 5 aliphatic heterocycles. The van der Waals surface area contributed by atoms with Crippen LogP contribution in [0.3, 0.4) is 0 Å². The van der Waals surface area contributed by atoms with Gasteiger partial charge in [-0.1, -0.05) is 11.6 Å². The van der Waals surface area contributed by atoms with Crippen molar-refractivity contribution in [2.24, 2.45) is 5.41 Å². The summed E-state index contributed by atoms with van der Waals surface area (Å²) in [5, 5.41) is 9.38. The summed E-state index contributed by atoms with van der Waals surface area (Å²) in [5.74, 6) is 0.0582. The number of aromatic nitrogens is 3. The highest BCUT2D eigenvalue weighted by Crippen LogP contribution is 2.45. The molecular formula is C48H57ClN10O7. The summed E-state index contributed by atoms with van der Waals surface area (Å²) in [4.78, 5) is 80.7. The van der Waals surface area contributed by atoms with Gasteiger partial charge in [0.15, 0.2) is 18.2 Å². The number of carbonyl (C=O) groups is 4. The minimum Gasteiger partial charge on any atom is -0.478 e. The fourth-order valence-corrected chi connectivity index (χ4v) is 10.9. The van der Waals surface area contributed by atoms with Crippen molar-refractivity contribution in [1.29, 1.82) is 0 Å². The number of imide groups is 1. The molecule has 4 amide bonds. The van der Waals surface area contributed by atoms with Crippen LogP contribution in [-0.4, -0.2) is 125 Å². The highest BCUT2D eigenvalue weighted by molar-refractivity contribution is 6.33. The summed E-state index contributed by atoms with van der Waals surface area (Å²) in [7, 11) is 1.52. The number of nitrogens with zero attached hydrogens (tertiary/aromatic N) is 7. The maximum Gasteiger partial charge on any atom is 0.293 e. The van der Waals surface area contributed by atoms with E-state index in [1.807, 2.05) is 44.2 Å². The Bertz CT molecular complexity index is 2630. The molecule has 0 bridgehead atoms. The van der Waals surface area contributed by atoms with Crippen LogP contribution in [0.2, 0.25) is 5.02 Å². The first-order valence-corrected chi connectivity index (χ1v) is 23.7. The van der Waals surface area contributed by atoms with Crippen LogP contribution in [0.15, 0.2) is 53.5 Å². The molecule has 2 aromatic carbocycles. The lowest BCUT2D eigenvalue weighted by atomic mass is 9.71. The molecule has 3 N–H and O–H groups in total. The number of hydrogen-bond donors (Lipinski definition) is 3. The number of nitrogens with one attached hydrogen (secondary N) is 3. The summed E-state index contributed by atoms with van der Waals surface area (Å²) >= 11 is 6.61. The smallest absolute Gasteiger partial charge is 0.293 e. The van der Waals surface area contributed by atoms with Gasteiger partial charge in [0.2, 0.25) is 17.8 Å². The fraction of sp³-hybridized carbons (Fsp3) is 0.521. The van der Waals surface area contributed by atoms with E-state index >= 15 is 0 Å². The largest absolute Gasteiger partial charge is 0.478 e. The van der Waals surface area contributed by atoms with E-state index < -0.39 is 6.04 Å². The number of fused-ring (bicyclic) bond motifs is 2. The Labute approximate surface area is 388 Å². The number of hydrogen-bond acceptors (Lipinski definition) is 13. The van der Waals surface area contributed by atoms with Gasteiger partial charge in [-0.3, -0.25) is 29.3 Å². The third kappa shape index (κ3) is 8.56. The lowest BCUT2D eigenvalue weighted by Crippen LogP contribution is -2.62. The quantitative estimate of drug-likeness (QED) is 0.165. The molecule has 5 fully saturated rings. The predicted molar refractivity (Wildman–Crippen MR) is 250 cm³/mol. The van der Waals surface area contributed by atoms with E-state index in [0.29, 0.717) is 46.8 Å². The number of piperidine rings is 3. The molecule has 1 spiro atoms. The van der Waals surface area contributed by atoms with Gasteiger partial charge in [0, 0.05) is 86.0 Å². The first kappa shape index (κ1) is 44.1. The normalized spacial score (nSPS) is 23.2. The van der Waals surface area contributed by atoms with Gasteiger partial charge in [-0.25, -0.2) is 4.98 Å². The Morgan fingerprint density at radius 3 is 2.45 bits per heavy atom. The van der Waals surface area contributed by atoms with E-state index in [0.717, 1.165) is 92.8 Å². The summed E-state index contributed by atoms with van der Waals surface area (Å²) in [6.07, 6.45) is 9.03. The van der Waals surface area contributed by atoms with Gasteiger partial charge in [-0.2, -0.15) is 4.98 Å². The van der Waals surface area contributed by atoms with E-state index in [4.69, 9.17) is 26.1 Å². The van der Waals surface area contributed by atoms with Crippen LogP contribution in [0.1, 0.15) is 87.2 Å². The second-order valence-electron chi connectivity index (χ2n) is 19.2. The van der Waals surface area contributed by atoms with Crippen molar-refractivity contribution >= 4 is 69.3 Å². The molecule has 17 nitrogen and oxygen atoms in total. The molecule has 6 aliphatic rings. The van der Waals surface area contributed by atoms with Crippen LogP contribution in [0.4, 0.5) is 23.1 Å². The molecule has 18 heteroatoms. The minimum absolute atomic E-state index is 0.0985. The molecule has 1 saturated carbocycles. The Morgan fingerprint density at radius 1 is 0.955 bits per heavy atom. The van der Waals surface area contributed by atoms with Crippen molar-refractivity contribution in [1.82, 2.24) is 35.0 Å². The fourth-order valence-electron chi connectivity index (χ4n) is 10.8. The van der Waals surface area contributed by atoms with E-state index in [-0.39, 0.29) is 66.2 Å². The molecule has 1 unspecified atom stereocenters. The lowest BCUT2D eigenvalue weighted by Gasteiger charge is -2.57. The maximum absolute atomic E-state index is 13.3. The van der Waals surface area contributed by atoms with Gasteiger partial charge in [0.1, 0.15) is 11.1 Å². The minimum atomic E-state index is -0.599. The molecule has 4 saturated heterocycles. The van der Waals surface area contributed by atoms with Crippen molar-refractivity contribution in [3.8, 4) is 5.75 Å². The molecule has 1 aliphatic carbocycles. The number of rotatable bonds is 12. The zero-order valence-corrected chi connectivity index (χ0v) is 38.4. The van der Waals surface area contributed by atoms with Gasteiger partial charge in [0.05, 0.1) is 23.9 Å². The standard InChI is InChI=1S/C48H57ClN10O7/c1-28(2)59-38-7-4-31(18-29(38)20-40(46(59)64)65-25-42(61)50-3)52-43-37(49)23-51-47(54-43)56-14-10-34(11-15-56)66-35-21-33(22-35)55-16-12-48(13-17-55)26-57(27-48)32-5-6-36-30(19-32)24-58(45(36)63)39-8-9-41(60)53-44(39)62/h4-7,18-20,23,28,33-35,39H,8-17,21-22,24-27H2,1-3H3,(H,50,61)(H,51,52,54)(H,53,60,62)/t33-,35-,39?. The molecular weight excluding hydrogens is 864 g/mol. The van der Waals surface area contributed by atoms with Gasteiger partial charge < -0.3 is 44.3 Å².